The van der Waals surface area contributed by atoms with Gasteiger partial charge in [-0.3, -0.25) is 4.79 Å². The van der Waals surface area contributed by atoms with Crippen LogP contribution in [0, 0.1) is 11.6 Å². The molecule has 166 valence electrons. The van der Waals surface area contributed by atoms with Gasteiger partial charge in [0, 0.05) is 29.3 Å². The number of rotatable bonds is 6. The number of para-hydroxylation sites is 1. The molecular weight excluding hydrogens is 416 g/mol. The van der Waals surface area contributed by atoms with Crippen LogP contribution in [0.1, 0.15) is 37.7 Å². The number of carbonyl (C=O) groups excluding carboxylic acids is 2. The molecule has 1 aliphatic heterocycles. The van der Waals surface area contributed by atoms with E-state index in [0.717, 1.165) is 17.8 Å². The van der Waals surface area contributed by atoms with Crippen LogP contribution in [0.2, 0.25) is 0 Å². The van der Waals surface area contributed by atoms with Crippen LogP contribution in [-0.2, 0) is 14.3 Å². The lowest BCUT2D eigenvalue weighted by molar-refractivity contribution is -0.140. The number of esters is 1. The van der Waals surface area contributed by atoms with E-state index >= 15 is 0 Å². The SMILES string of the molecule is CC1=C(C(=O)OCCOc2ccccc2)[C@H](c2ccc(F)c(F)c2)C2=C(CCCC2=O)N1. The van der Waals surface area contributed by atoms with Gasteiger partial charge in [-0.1, -0.05) is 24.3 Å². The van der Waals surface area contributed by atoms with Crippen LogP contribution >= 0.6 is 0 Å². The molecule has 32 heavy (non-hydrogen) atoms. The molecule has 2 aliphatic rings. The molecule has 0 spiro atoms. The minimum absolute atomic E-state index is 0.00510. The van der Waals surface area contributed by atoms with E-state index in [9.17, 15) is 18.4 Å². The summed E-state index contributed by atoms with van der Waals surface area (Å²) in [5.74, 6) is -2.94. The third-order valence-corrected chi connectivity index (χ3v) is 5.60. The Labute approximate surface area is 184 Å². The van der Waals surface area contributed by atoms with Gasteiger partial charge in [0.2, 0.25) is 0 Å². The number of nitrogens with one attached hydrogen (secondary N) is 1. The number of Topliss-reactive ketones (excluding diaryl/α,β-unsaturated/α-hetero) is 1. The zero-order valence-electron chi connectivity index (χ0n) is 17.6. The molecule has 0 unspecified atom stereocenters. The van der Waals surface area contributed by atoms with Crippen molar-refractivity contribution in [2.75, 3.05) is 13.2 Å². The lowest BCUT2D eigenvalue weighted by atomic mass is 9.75. The summed E-state index contributed by atoms with van der Waals surface area (Å²) in [6.07, 6.45) is 1.68. The number of ketones is 1. The van der Waals surface area contributed by atoms with Crippen LogP contribution in [0.3, 0.4) is 0 Å². The van der Waals surface area contributed by atoms with Crippen molar-refractivity contribution >= 4 is 11.8 Å². The van der Waals surface area contributed by atoms with E-state index in [1.54, 1.807) is 19.1 Å². The Morgan fingerprint density at radius 3 is 2.59 bits per heavy atom. The van der Waals surface area contributed by atoms with Crippen LogP contribution in [0.15, 0.2) is 71.1 Å². The van der Waals surface area contributed by atoms with Crippen molar-refractivity contribution in [3.8, 4) is 5.75 Å². The van der Waals surface area contributed by atoms with Crippen molar-refractivity contribution in [2.45, 2.75) is 32.1 Å². The Morgan fingerprint density at radius 2 is 1.84 bits per heavy atom. The van der Waals surface area contributed by atoms with Crippen LogP contribution in [-0.4, -0.2) is 25.0 Å². The number of hydrogen-bond donors (Lipinski definition) is 1. The summed E-state index contributed by atoms with van der Waals surface area (Å²) < 4.78 is 38.6. The number of ether oxygens (including phenoxy) is 2. The van der Waals surface area contributed by atoms with Gasteiger partial charge in [0.15, 0.2) is 17.4 Å². The molecule has 1 atom stereocenters. The highest BCUT2D eigenvalue weighted by molar-refractivity contribution is 6.03. The number of dihydropyridines is 1. The molecule has 0 radical (unpaired) electrons. The average Bonchev–Trinajstić information content (AvgIpc) is 2.78. The Morgan fingerprint density at radius 1 is 1.06 bits per heavy atom. The highest BCUT2D eigenvalue weighted by Crippen LogP contribution is 2.42. The molecule has 0 aromatic heterocycles. The topological polar surface area (TPSA) is 64.6 Å². The molecule has 2 aromatic carbocycles. The smallest absolute Gasteiger partial charge is 0.336 e. The first-order valence-electron chi connectivity index (χ1n) is 10.5. The van der Waals surface area contributed by atoms with Crippen LogP contribution < -0.4 is 10.1 Å². The van der Waals surface area contributed by atoms with E-state index in [1.165, 1.54) is 6.07 Å². The fourth-order valence-electron chi connectivity index (χ4n) is 4.17. The van der Waals surface area contributed by atoms with Crippen molar-refractivity contribution < 1.29 is 27.8 Å². The molecule has 0 fully saturated rings. The Bertz CT molecular complexity index is 1110. The van der Waals surface area contributed by atoms with Gasteiger partial charge < -0.3 is 14.8 Å². The van der Waals surface area contributed by atoms with Gasteiger partial charge in [0.25, 0.3) is 0 Å². The number of carbonyl (C=O) groups is 2. The summed E-state index contributed by atoms with van der Waals surface area (Å²) in [7, 11) is 0. The van der Waals surface area contributed by atoms with E-state index in [-0.39, 0.29) is 24.6 Å². The second-order valence-corrected chi connectivity index (χ2v) is 7.74. The molecule has 0 saturated carbocycles. The van der Waals surface area contributed by atoms with Crippen molar-refractivity contribution in [1.82, 2.24) is 5.32 Å². The lowest BCUT2D eigenvalue weighted by Crippen LogP contribution is -2.34. The zero-order valence-corrected chi connectivity index (χ0v) is 17.6. The van der Waals surface area contributed by atoms with Crippen molar-refractivity contribution in [3.63, 3.8) is 0 Å². The Balaban J connectivity index is 1.58. The third kappa shape index (κ3) is 4.42. The molecule has 0 bridgehead atoms. The standard InChI is InChI=1S/C25H23F2NO4/c1-15-22(25(30)32-13-12-31-17-6-3-2-4-7-17)23(16-10-11-18(26)19(27)14-16)24-20(28-15)8-5-9-21(24)29/h2-4,6-7,10-11,14,23,28H,5,8-9,12-13H2,1H3/t23-/m0/s1. The van der Waals surface area contributed by atoms with Gasteiger partial charge in [-0.05, 0) is 49.6 Å². The van der Waals surface area contributed by atoms with Gasteiger partial charge in [-0.25, -0.2) is 13.6 Å². The summed E-state index contributed by atoms with van der Waals surface area (Å²) >= 11 is 0. The first-order valence-corrected chi connectivity index (χ1v) is 10.5. The Hall–Kier alpha value is -3.48. The zero-order chi connectivity index (χ0) is 22.7. The third-order valence-electron chi connectivity index (χ3n) is 5.60. The second-order valence-electron chi connectivity index (χ2n) is 7.74. The summed E-state index contributed by atoms with van der Waals surface area (Å²) in [5.41, 5.74) is 2.21. The molecule has 1 aliphatic carbocycles. The van der Waals surface area contributed by atoms with E-state index in [4.69, 9.17) is 9.47 Å². The maximum atomic E-state index is 14.0. The van der Waals surface area contributed by atoms with Crippen molar-refractivity contribution in [1.29, 1.82) is 0 Å². The molecule has 0 saturated heterocycles. The monoisotopic (exact) mass is 439 g/mol. The molecule has 0 amide bonds. The average molecular weight is 439 g/mol. The van der Waals surface area contributed by atoms with E-state index in [0.29, 0.717) is 41.8 Å². The van der Waals surface area contributed by atoms with Gasteiger partial charge in [0.1, 0.15) is 19.0 Å². The van der Waals surface area contributed by atoms with Crippen LogP contribution in [0.5, 0.6) is 5.75 Å². The number of allylic oxidation sites excluding steroid dienone is 3. The molecular formula is C25H23F2NO4. The maximum Gasteiger partial charge on any atom is 0.336 e. The fraction of sp³-hybridized carbons (Fsp3) is 0.280. The van der Waals surface area contributed by atoms with Crippen LogP contribution in [0.4, 0.5) is 8.78 Å². The largest absolute Gasteiger partial charge is 0.490 e. The predicted octanol–water partition coefficient (Wildman–Crippen LogP) is 4.55. The first-order chi connectivity index (χ1) is 15.5. The molecule has 1 N–H and O–H groups in total. The quantitative estimate of drug-likeness (QED) is 0.528. The highest BCUT2D eigenvalue weighted by Gasteiger charge is 2.39. The molecule has 7 heteroatoms. The number of hydrogen-bond acceptors (Lipinski definition) is 5. The first kappa shape index (κ1) is 21.7. The van der Waals surface area contributed by atoms with E-state index < -0.39 is 23.5 Å². The van der Waals surface area contributed by atoms with Crippen LogP contribution in [0.25, 0.3) is 0 Å². The maximum absolute atomic E-state index is 14.0. The van der Waals surface area contributed by atoms with E-state index in [2.05, 4.69) is 5.32 Å². The molecule has 1 heterocycles. The van der Waals surface area contributed by atoms with Gasteiger partial charge in [-0.15, -0.1) is 0 Å². The summed E-state index contributed by atoms with van der Waals surface area (Å²) in [5, 5.41) is 3.16. The fourth-order valence-corrected chi connectivity index (χ4v) is 4.17. The molecule has 4 rings (SSSR count). The molecule has 5 nitrogen and oxygen atoms in total. The Kier molecular flexibility index (Phi) is 6.35. The molecule has 2 aromatic rings. The summed E-state index contributed by atoms with van der Waals surface area (Å²) in [4.78, 5) is 25.9. The minimum atomic E-state index is -1.03. The number of halogens is 2. The lowest BCUT2D eigenvalue weighted by Gasteiger charge is -2.34. The summed E-state index contributed by atoms with van der Waals surface area (Å²) in [6, 6.07) is 12.6. The van der Waals surface area contributed by atoms with Crippen molar-refractivity contribution in [2.24, 2.45) is 0 Å². The van der Waals surface area contributed by atoms with Gasteiger partial charge in [0.05, 0.1) is 5.57 Å². The van der Waals surface area contributed by atoms with E-state index in [1.807, 2.05) is 18.2 Å². The van der Waals surface area contributed by atoms with Gasteiger partial charge >= 0.3 is 5.97 Å². The highest BCUT2D eigenvalue weighted by atomic mass is 19.2. The number of benzene rings is 2. The van der Waals surface area contributed by atoms with Gasteiger partial charge in [-0.2, -0.15) is 0 Å². The predicted molar refractivity (Wildman–Crippen MR) is 114 cm³/mol. The normalized spacial score (nSPS) is 18.2. The second kappa shape index (κ2) is 9.34. The minimum Gasteiger partial charge on any atom is -0.490 e. The summed E-state index contributed by atoms with van der Waals surface area (Å²) in [6.45, 7) is 1.86. The van der Waals surface area contributed by atoms with Crippen molar-refractivity contribution in [3.05, 3.63) is 88.3 Å².